The van der Waals surface area contributed by atoms with Crippen molar-refractivity contribution < 1.29 is 9.53 Å². The fourth-order valence-corrected chi connectivity index (χ4v) is 2.92. The molecule has 0 bridgehead atoms. The first kappa shape index (κ1) is 15.5. The normalized spacial score (nSPS) is 20.9. The first-order valence-electron chi connectivity index (χ1n) is 7.98. The van der Waals surface area contributed by atoms with Gasteiger partial charge in [-0.15, -0.1) is 5.10 Å². The molecule has 3 rings (SSSR count). The van der Waals surface area contributed by atoms with Gasteiger partial charge in [0.25, 0.3) is 5.91 Å². The molecule has 1 heterocycles. The highest BCUT2D eigenvalue weighted by molar-refractivity contribution is 5.77. The van der Waals surface area contributed by atoms with Crippen LogP contribution in [0.5, 0.6) is 5.75 Å². The summed E-state index contributed by atoms with van der Waals surface area (Å²) in [7, 11) is 0. The molecule has 0 saturated heterocycles. The molecule has 1 saturated carbocycles. The third-order valence-corrected chi connectivity index (χ3v) is 4.26. The van der Waals surface area contributed by atoms with Crippen LogP contribution in [0.2, 0.25) is 0 Å². The Kier molecular flexibility index (Phi) is 4.85. The summed E-state index contributed by atoms with van der Waals surface area (Å²) in [4.78, 5) is 12.1. The zero-order valence-electron chi connectivity index (χ0n) is 13.2. The van der Waals surface area contributed by atoms with Gasteiger partial charge >= 0.3 is 0 Å². The van der Waals surface area contributed by atoms with Crippen LogP contribution in [-0.4, -0.2) is 38.8 Å². The van der Waals surface area contributed by atoms with Crippen molar-refractivity contribution in [3.8, 4) is 11.4 Å². The highest BCUT2D eigenvalue weighted by Crippen LogP contribution is 2.23. The fourth-order valence-electron chi connectivity index (χ4n) is 2.92. The van der Waals surface area contributed by atoms with Gasteiger partial charge < -0.3 is 10.1 Å². The van der Waals surface area contributed by atoms with Crippen molar-refractivity contribution in [1.82, 2.24) is 25.5 Å². The summed E-state index contributed by atoms with van der Waals surface area (Å²) in [6.45, 7) is 2.21. The molecule has 2 aromatic rings. The number of nitrogens with one attached hydrogen (secondary N) is 1. The van der Waals surface area contributed by atoms with Crippen LogP contribution in [0.25, 0.3) is 5.69 Å². The van der Waals surface area contributed by atoms with E-state index in [1.54, 1.807) is 6.07 Å². The van der Waals surface area contributed by atoms with E-state index in [-0.39, 0.29) is 18.6 Å². The number of aromatic nitrogens is 4. The lowest BCUT2D eigenvalue weighted by Gasteiger charge is -2.29. The maximum absolute atomic E-state index is 12.1. The third kappa shape index (κ3) is 4.06. The van der Waals surface area contributed by atoms with Crippen molar-refractivity contribution in [1.29, 1.82) is 0 Å². The van der Waals surface area contributed by atoms with Gasteiger partial charge in [-0.1, -0.05) is 25.8 Å². The molecule has 1 aromatic carbocycles. The quantitative estimate of drug-likeness (QED) is 0.909. The van der Waals surface area contributed by atoms with Gasteiger partial charge in [0.15, 0.2) is 6.61 Å². The number of rotatable bonds is 5. The molecule has 0 radical (unpaired) electrons. The van der Waals surface area contributed by atoms with E-state index in [0.717, 1.165) is 12.1 Å². The number of carbonyl (C=O) groups excluding carboxylic acids is 1. The number of ether oxygens (including phenoxy) is 1. The predicted octanol–water partition coefficient (Wildman–Crippen LogP) is 1.74. The zero-order chi connectivity index (χ0) is 16.1. The van der Waals surface area contributed by atoms with Gasteiger partial charge in [0.1, 0.15) is 12.1 Å². The Morgan fingerprint density at radius 3 is 3.04 bits per heavy atom. The average molecular weight is 315 g/mol. The Labute approximate surface area is 135 Å². The Bertz CT molecular complexity index is 644. The molecular weight excluding hydrogens is 294 g/mol. The minimum absolute atomic E-state index is 0.0162. The van der Waals surface area contributed by atoms with Crippen LogP contribution in [0, 0.1) is 5.92 Å². The van der Waals surface area contributed by atoms with Gasteiger partial charge in [0.2, 0.25) is 0 Å². The van der Waals surface area contributed by atoms with Gasteiger partial charge in [-0.25, -0.2) is 4.68 Å². The highest BCUT2D eigenvalue weighted by atomic mass is 16.5. The maximum atomic E-state index is 12.1. The summed E-state index contributed by atoms with van der Waals surface area (Å²) >= 11 is 0. The van der Waals surface area contributed by atoms with Gasteiger partial charge in [0.05, 0.1) is 5.69 Å². The molecule has 1 fully saturated rings. The Morgan fingerprint density at radius 1 is 1.39 bits per heavy atom. The van der Waals surface area contributed by atoms with Crippen molar-refractivity contribution in [2.24, 2.45) is 5.92 Å². The van der Waals surface area contributed by atoms with Crippen LogP contribution in [0.1, 0.15) is 32.6 Å². The molecule has 122 valence electrons. The molecule has 1 aromatic heterocycles. The van der Waals surface area contributed by atoms with Crippen LogP contribution >= 0.6 is 0 Å². The van der Waals surface area contributed by atoms with E-state index >= 15 is 0 Å². The minimum atomic E-state index is -0.0726. The van der Waals surface area contributed by atoms with Crippen LogP contribution in [0.15, 0.2) is 30.6 Å². The van der Waals surface area contributed by atoms with E-state index in [1.807, 2.05) is 18.2 Å². The van der Waals surface area contributed by atoms with Crippen LogP contribution < -0.4 is 10.1 Å². The van der Waals surface area contributed by atoms with E-state index in [1.165, 1.54) is 30.3 Å². The molecule has 1 aliphatic rings. The predicted molar refractivity (Wildman–Crippen MR) is 84.2 cm³/mol. The van der Waals surface area contributed by atoms with Crippen molar-refractivity contribution in [3.05, 3.63) is 30.6 Å². The van der Waals surface area contributed by atoms with Crippen molar-refractivity contribution >= 4 is 5.91 Å². The Balaban J connectivity index is 1.54. The molecule has 7 heteroatoms. The van der Waals surface area contributed by atoms with Crippen molar-refractivity contribution in [3.63, 3.8) is 0 Å². The lowest BCUT2D eigenvalue weighted by Crippen LogP contribution is -2.43. The second-order valence-corrected chi connectivity index (χ2v) is 5.98. The fraction of sp³-hybridized carbons (Fsp3) is 0.500. The molecule has 2 atom stereocenters. The molecule has 1 N–H and O–H groups in total. The molecule has 7 nitrogen and oxygen atoms in total. The van der Waals surface area contributed by atoms with Crippen molar-refractivity contribution in [2.75, 3.05) is 6.61 Å². The summed E-state index contributed by atoms with van der Waals surface area (Å²) < 4.78 is 7.13. The number of hydrogen-bond acceptors (Lipinski definition) is 5. The van der Waals surface area contributed by atoms with Crippen LogP contribution in [0.4, 0.5) is 0 Å². The number of nitrogens with zero attached hydrogens (tertiary/aromatic N) is 4. The van der Waals surface area contributed by atoms with E-state index in [9.17, 15) is 4.79 Å². The first-order valence-corrected chi connectivity index (χ1v) is 7.98. The summed E-state index contributed by atoms with van der Waals surface area (Å²) in [5.41, 5.74) is 0.786. The Hall–Kier alpha value is -2.44. The number of carbonyl (C=O) groups is 1. The lowest BCUT2D eigenvalue weighted by atomic mass is 9.86. The molecule has 1 aliphatic carbocycles. The highest BCUT2D eigenvalue weighted by Gasteiger charge is 2.22. The lowest BCUT2D eigenvalue weighted by molar-refractivity contribution is -0.124. The Morgan fingerprint density at radius 2 is 2.26 bits per heavy atom. The third-order valence-electron chi connectivity index (χ3n) is 4.26. The van der Waals surface area contributed by atoms with E-state index in [0.29, 0.717) is 11.7 Å². The summed E-state index contributed by atoms with van der Waals surface area (Å²) in [5.74, 6) is 1.08. The number of tetrazole rings is 1. The summed E-state index contributed by atoms with van der Waals surface area (Å²) in [5, 5.41) is 14.1. The minimum Gasteiger partial charge on any atom is -0.484 e. The second-order valence-electron chi connectivity index (χ2n) is 5.98. The molecular formula is C16H21N5O2. The monoisotopic (exact) mass is 315 g/mol. The van der Waals surface area contributed by atoms with Gasteiger partial charge in [-0.2, -0.15) is 0 Å². The smallest absolute Gasteiger partial charge is 0.258 e. The molecule has 2 unspecified atom stereocenters. The number of hydrogen-bond donors (Lipinski definition) is 1. The number of amides is 1. The van der Waals surface area contributed by atoms with Gasteiger partial charge in [-0.05, 0) is 41.3 Å². The number of benzene rings is 1. The van der Waals surface area contributed by atoms with E-state index in [4.69, 9.17) is 4.74 Å². The molecule has 1 amide bonds. The standard InChI is InChI=1S/C16H21N5O2/c1-12-5-2-3-8-15(12)18-16(22)10-23-14-7-4-6-13(9-14)21-11-17-19-20-21/h4,6-7,9,11-12,15H,2-3,5,8,10H2,1H3,(H,18,22). The maximum Gasteiger partial charge on any atom is 0.258 e. The summed E-state index contributed by atoms with van der Waals surface area (Å²) in [6.07, 6.45) is 6.19. The largest absolute Gasteiger partial charge is 0.484 e. The SMILES string of the molecule is CC1CCCCC1NC(=O)COc1cccc(-n2cnnn2)c1. The molecule has 0 aliphatic heterocycles. The van der Waals surface area contributed by atoms with Gasteiger partial charge in [-0.3, -0.25) is 4.79 Å². The van der Waals surface area contributed by atoms with Crippen LogP contribution in [0.3, 0.4) is 0 Å². The van der Waals surface area contributed by atoms with Crippen LogP contribution in [-0.2, 0) is 4.79 Å². The second kappa shape index (κ2) is 7.21. The van der Waals surface area contributed by atoms with E-state index < -0.39 is 0 Å². The molecule has 0 spiro atoms. The van der Waals surface area contributed by atoms with Crippen molar-refractivity contribution in [2.45, 2.75) is 38.6 Å². The average Bonchev–Trinajstić information content (AvgIpc) is 3.10. The summed E-state index contributed by atoms with van der Waals surface area (Å²) in [6, 6.07) is 7.59. The van der Waals surface area contributed by atoms with Gasteiger partial charge in [0, 0.05) is 12.1 Å². The topological polar surface area (TPSA) is 81.9 Å². The molecule has 23 heavy (non-hydrogen) atoms. The van der Waals surface area contributed by atoms with E-state index in [2.05, 4.69) is 27.8 Å². The zero-order valence-corrected chi connectivity index (χ0v) is 13.2. The first-order chi connectivity index (χ1) is 11.2.